The number of aromatic nitrogens is 3. The summed E-state index contributed by atoms with van der Waals surface area (Å²) in [7, 11) is 0. The van der Waals surface area contributed by atoms with E-state index in [1.54, 1.807) is 20.0 Å². The maximum atomic E-state index is 14.0. The highest BCUT2D eigenvalue weighted by Gasteiger charge is 2.33. The summed E-state index contributed by atoms with van der Waals surface area (Å²) >= 11 is 0. The van der Waals surface area contributed by atoms with Crippen LogP contribution in [0.4, 0.5) is 22.0 Å². The molecule has 3 rings (SSSR count). The van der Waals surface area contributed by atoms with Crippen LogP contribution in [0.5, 0.6) is 5.88 Å². The van der Waals surface area contributed by atoms with Gasteiger partial charge in [0.05, 0.1) is 22.6 Å². The number of nitrogens with zero attached hydrogens (tertiary/aromatic N) is 3. The van der Waals surface area contributed by atoms with Crippen LogP contribution in [0.15, 0.2) is 24.4 Å². The molecule has 0 aliphatic rings. The van der Waals surface area contributed by atoms with Crippen LogP contribution in [0.3, 0.4) is 0 Å². The van der Waals surface area contributed by atoms with Gasteiger partial charge in [-0.15, -0.1) is 0 Å². The van der Waals surface area contributed by atoms with Gasteiger partial charge in [-0.3, -0.25) is 9.20 Å². The fourth-order valence-electron chi connectivity index (χ4n) is 4.07. The summed E-state index contributed by atoms with van der Waals surface area (Å²) < 4.78 is 72.9. The predicted molar refractivity (Wildman–Crippen MR) is 122 cm³/mol. The van der Waals surface area contributed by atoms with Crippen LogP contribution in [0.2, 0.25) is 0 Å². The van der Waals surface area contributed by atoms with Gasteiger partial charge in [-0.05, 0) is 58.6 Å². The second kappa shape index (κ2) is 10.5. The van der Waals surface area contributed by atoms with Crippen molar-refractivity contribution in [1.82, 2.24) is 14.4 Å². The number of benzene rings is 1. The zero-order chi connectivity index (χ0) is 26.8. The number of halogens is 5. The highest BCUT2D eigenvalue weighted by atomic mass is 19.4. The third kappa shape index (κ3) is 6.57. The number of alkyl halides is 3. The lowest BCUT2D eigenvalue weighted by Crippen LogP contribution is -2.33. The van der Waals surface area contributed by atoms with E-state index in [1.165, 1.54) is 24.3 Å². The van der Waals surface area contributed by atoms with E-state index in [-0.39, 0.29) is 42.0 Å². The van der Waals surface area contributed by atoms with Crippen LogP contribution in [0.1, 0.15) is 67.0 Å². The molecule has 2 aromatic heterocycles. The standard InChI is InChI=1S/C25H28F5N3O3/c1-14-12-33-21(20(34)11-16(24(3,4)35)7-6-10-25(28,29)30)15(2)32-22(33)23(31-14)36-13-17-18(26)8-5-9-19(17)27/h5,8-9,12,16,35H,6-7,10-11,13H2,1-4H3. The lowest BCUT2D eigenvalue weighted by molar-refractivity contribution is -0.137. The highest BCUT2D eigenvalue weighted by molar-refractivity contribution is 5.96. The molecule has 6 nitrogen and oxygen atoms in total. The minimum atomic E-state index is -4.32. The maximum absolute atomic E-state index is 14.0. The summed E-state index contributed by atoms with van der Waals surface area (Å²) in [6.07, 6.45) is -4.19. The van der Waals surface area contributed by atoms with E-state index in [4.69, 9.17) is 4.74 Å². The molecule has 1 unspecified atom stereocenters. The van der Waals surface area contributed by atoms with E-state index in [0.29, 0.717) is 11.4 Å². The third-order valence-electron chi connectivity index (χ3n) is 5.99. The van der Waals surface area contributed by atoms with Gasteiger partial charge in [-0.2, -0.15) is 13.2 Å². The average Bonchev–Trinajstić information content (AvgIpc) is 3.06. The maximum Gasteiger partial charge on any atom is 0.389 e. The first-order valence-electron chi connectivity index (χ1n) is 11.4. The molecule has 1 N–H and O–H groups in total. The van der Waals surface area contributed by atoms with Gasteiger partial charge in [-0.25, -0.2) is 18.7 Å². The average molecular weight is 514 g/mol. The van der Waals surface area contributed by atoms with Gasteiger partial charge in [0.1, 0.15) is 23.9 Å². The molecule has 0 amide bonds. The van der Waals surface area contributed by atoms with Crippen LogP contribution >= 0.6 is 0 Å². The van der Waals surface area contributed by atoms with Gasteiger partial charge < -0.3 is 9.84 Å². The summed E-state index contributed by atoms with van der Waals surface area (Å²) in [5, 5.41) is 10.5. The minimum Gasteiger partial charge on any atom is -0.470 e. The highest BCUT2D eigenvalue weighted by Crippen LogP contribution is 2.32. The Hall–Kier alpha value is -3.08. The summed E-state index contributed by atoms with van der Waals surface area (Å²) in [5.74, 6) is -2.74. The van der Waals surface area contributed by atoms with Crippen molar-refractivity contribution in [3.63, 3.8) is 0 Å². The molecule has 0 aliphatic heterocycles. The molecule has 2 heterocycles. The Kier molecular flexibility index (Phi) is 8.02. The zero-order valence-electron chi connectivity index (χ0n) is 20.4. The van der Waals surface area contributed by atoms with E-state index in [2.05, 4.69) is 9.97 Å². The Morgan fingerprint density at radius 3 is 2.36 bits per heavy atom. The van der Waals surface area contributed by atoms with Gasteiger partial charge in [0, 0.05) is 19.0 Å². The number of hydrogen-bond donors (Lipinski definition) is 1. The molecule has 0 bridgehead atoms. The molecule has 0 spiro atoms. The van der Waals surface area contributed by atoms with Gasteiger partial charge in [0.15, 0.2) is 5.78 Å². The second-order valence-corrected chi connectivity index (χ2v) is 9.40. The lowest BCUT2D eigenvalue weighted by Gasteiger charge is -2.29. The molecule has 0 fully saturated rings. The first-order valence-corrected chi connectivity index (χ1v) is 11.4. The summed E-state index contributed by atoms with van der Waals surface area (Å²) in [4.78, 5) is 21.9. The van der Waals surface area contributed by atoms with Crippen molar-refractivity contribution in [2.75, 3.05) is 0 Å². The van der Waals surface area contributed by atoms with Crippen LogP contribution in [0, 0.1) is 31.4 Å². The number of aliphatic hydroxyl groups is 1. The molecule has 3 aromatic rings. The Morgan fingerprint density at radius 2 is 1.78 bits per heavy atom. The quantitative estimate of drug-likeness (QED) is 0.270. The minimum absolute atomic E-state index is 0.00762. The number of imidazole rings is 1. The van der Waals surface area contributed by atoms with Crippen molar-refractivity contribution < 1.29 is 36.6 Å². The Balaban J connectivity index is 1.89. The van der Waals surface area contributed by atoms with Crippen LogP contribution in [0.25, 0.3) is 5.65 Å². The van der Waals surface area contributed by atoms with Gasteiger partial charge >= 0.3 is 6.18 Å². The second-order valence-electron chi connectivity index (χ2n) is 9.40. The number of carbonyl (C=O) groups excluding carboxylic acids is 1. The lowest BCUT2D eigenvalue weighted by atomic mass is 9.82. The summed E-state index contributed by atoms with van der Waals surface area (Å²) in [5.41, 5.74) is -0.602. The largest absolute Gasteiger partial charge is 0.470 e. The Labute approximate surface area is 205 Å². The number of hydrogen-bond acceptors (Lipinski definition) is 5. The van der Waals surface area contributed by atoms with Crippen LogP contribution in [-0.4, -0.2) is 37.0 Å². The van der Waals surface area contributed by atoms with E-state index in [1.807, 2.05) is 0 Å². The number of Topliss-reactive ketones (excluding diaryl/α,β-unsaturated/α-hetero) is 1. The zero-order valence-corrected chi connectivity index (χ0v) is 20.4. The van der Waals surface area contributed by atoms with Crippen molar-refractivity contribution in [2.24, 2.45) is 5.92 Å². The monoisotopic (exact) mass is 513 g/mol. The molecular formula is C25H28F5N3O3. The molecule has 196 valence electrons. The fourth-order valence-corrected chi connectivity index (χ4v) is 4.07. The normalized spacial score (nSPS) is 13.3. The first kappa shape index (κ1) is 27.5. The molecule has 0 saturated heterocycles. The van der Waals surface area contributed by atoms with E-state index >= 15 is 0 Å². The number of carbonyl (C=O) groups is 1. The van der Waals surface area contributed by atoms with Crippen molar-refractivity contribution in [2.45, 2.75) is 71.8 Å². The molecular weight excluding hydrogens is 485 g/mol. The summed E-state index contributed by atoms with van der Waals surface area (Å²) in [6.45, 7) is 5.68. The third-order valence-corrected chi connectivity index (χ3v) is 5.99. The van der Waals surface area contributed by atoms with Gasteiger partial charge in [0.25, 0.3) is 5.88 Å². The number of rotatable bonds is 10. The molecule has 36 heavy (non-hydrogen) atoms. The number of fused-ring (bicyclic) bond motifs is 1. The van der Waals surface area contributed by atoms with E-state index in [0.717, 1.165) is 12.1 Å². The SMILES string of the molecule is Cc1cn2c(C(=O)CC(CCCC(F)(F)F)C(C)(C)O)c(C)nc2c(OCc2c(F)cccc2F)n1. The topological polar surface area (TPSA) is 76.7 Å². The molecule has 11 heteroatoms. The van der Waals surface area contributed by atoms with Crippen LogP contribution in [-0.2, 0) is 6.61 Å². The molecule has 0 radical (unpaired) electrons. The fraction of sp³-hybridized carbons (Fsp3) is 0.480. The van der Waals surface area contributed by atoms with E-state index < -0.39 is 48.1 Å². The first-order chi connectivity index (χ1) is 16.7. The van der Waals surface area contributed by atoms with Crippen LogP contribution < -0.4 is 4.74 Å². The predicted octanol–water partition coefficient (Wildman–Crippen LogP) is 5.90. The van der Waals surface area contributed by atoms with Crippen molar-refractivity contribution in [3.05, 3.63) is 58.7 Å². The Morgan fingerprint density at radius 1 is 1.14 bits per heavy atom. The smallest absolute Gasteiger partial charge is 0.389 e. The molecule has 0 aliphatic carbocycles. The Bertz CT molecular complexity index is 1230. The molecule has 1 atom stereocenters. The van der Waals surface area contributed by atoms with Crippen molar-refractivity contribution in [3.8, 4) is 5.88 Å². The van der Waals surface area contributed by atoms with Crippen molar-refractivity contribution in [1.29, 1.82) is 0 Å². The molecule has 0 saturated carbocycles. The number of ketones is 1. The van der Waals surface area contributed by atoms with Gasteiger partial charge in [-0.1, -0.05) is 6.07 Å². The van der Waals surface area contributed by atoms with Crippen molar-refractivity contribution >= 4 is 11.4 Å². The van der Waals surface area contributed by atoms with E-state index in [9.17, 15) is 31.9 Å². The number of aryl methyl sites for hydroxylation is 2. The number of ether oxygens (including phenoxy) is 1. The molecule has 1 aromatic carbocycles. The van der Waals surface area contributed by atoms with Gasteiger partial charge in [0.2, 0.25) is 5.65 Å². The summed E-state index contributed by atoms with van der Waals surface area (Å²) in [6, 6.07) is 3.44.